The third-order valence-electron chi connectivity index (χ3n) is 6.09. The second-order valence-corrected chi connectivity index (χ2v) is 8.33. The molecule has 0 spiro atoms. The van der Waals surface area contributed by atoms with Gasteiger partial charge in [-0.3, -0.25) is 0 Å². The van der Waals surface area contributed by atoms with Crippen molar-refractivity contribution in [1.29, 1.82) is 0 Å². The fourth-order valence-corrected chi connectivity index (χ4v) is 4.04. The van der Waals surface area contributed by atoms with Crippen molar-refractivity contribution in [3.8, 4) is 0 Å². The van der Waals surface area contributed by atoms with Gasteiger partial charge in [0.05, 0.1) is 19.8 Å². The fourth-order valence-electron chi connectivity index (χ4n) is 4.04. The molecule has 3 aliphatic rings. The molecule has 200 valence electrons. The number of aliphatic hydroxyl groups excluding tert-OH is 11. The number of ether oxygens (including phenoxy) is 5. The lowest BCUT2D eigenvalue weighted by atomic mass is 9.96. The van der Waals surface area contributed by atoms with Crippen LogP contribution in [0.1, 0.15) is 0 Å². The summed E-state index contributed by atoms with van der Waals surface area (Å²) >= 11 is 0. The van der Waals surface area contributed by atoms with E-state index >= 15 is 0 Å². The summed E-state index contributed by atoms with van der Waals surface area (Å²) in [6, 6.07) is 0. The lowest BCUT2D eigenvalue weighted by Gasteiger charge is -2.47. The highest BCUT2D eigenvalue weighted by atomic mass is 16.8. The molecule has 15 atom stereocenters. The molecule has 3 rings (SSSR count). The average molecular weight is 504 g/mol. The van der Waals surface area contributed by atoms with E-state index in [9.17, 15) is 56.2 Å². The van der Waals surface area contributed by atoms with E-state index < -0.39 is 112 Å². The molecule has 3 fully saturated rings. The van der Waals surface area contributed by atoms with Gasteiger partial charge in [0.15, 0.2) is 18.9 Å². The highest BCUT2D eigenvalue weighted by molar-refractivity contribution is 4.96. The van der Waals surface area contributed by atoms with Crippen LogP contribution < -0.4 is 0 Å². The molecule has 0 bridgehead atoms. The van der Waals surface area contributed by atoms with Gasteiger partial charge in [0.25, 0.3) is 0 Å². The molecule has 16 heteroatoms. The Labute approximate surface area is 192 Å². The van der Waals surface area contributed by atoms with Crippen molar-refractivity contribution in [1.82, 2.24) is 0 Å². The first-order valence-electron chi connectivity index (χ1n) is 10.6. The third-order valence-corrected chi connectivity index (χ3v) is 6.09. The number of aliphatic hydroxyl groups is 11. The SMILES string of the molecule is OC[C@H]1O[C@@H](O[C@@H]2[C@H](O)[C@@H](O[C@H]3O[C@H](CO)[C@@H](O)[C@H](O)[C@H]3O)[C@H](O)O[C@@H]2CO)[C@H](O)[C@@H](O)[C@@H]1O. The molecule has 0 radical (unpaired) electrons. The summed E-state index contributed by atoms with van der Waals surface area (Å²) < 4.78 is 26.4. The maximum absolute atomic E-state index is 10.8. The minimum absolute atomic E-state index is 0.750. The van der Waals surface area contributed by atoms with Gasteiger partial charge in [-0.25, -0.2) is 0 Å². The Morgan fingerprint density at radius 3 is 1.26 bits per heavy atom. The van der Waals surface area contributed by atoms with Crippen LogP contribution >= 0.6 is 0 Å². The lowest BCUT2D eigenvalue weighted by Crippen LogP contribution is -2.66. The Hall–Kier alpha value is -0.640. The van der Waals surface area contributed by atoms with Gasteiger partial charge in [-0.15, -0.1) is 0 Å². The minimum atomic E-state index is -1.92. The molecule has 0 aromatic carbocycles. The van der Waals surface area contributed by atoms with Crippen LogP contribution in [0.4, 0.5) is 0 Å². The van der Waals surface area contributed by atoms with E-state index in [0.29, 0.717) is 0 Å². The molecular formula is C18H32O16. The molecule has 0 unspecified atom stereocenters. The predicted octanol–water partition coefficient (Wildman–Crippen LogP) is -7.57. The molecule has 3 aliphatic heterocycles. The Balaban J connectivity index is 1.76. The zero-order valence-corrected chi connectivity index (χ0v) is 17.7. The summed E-state index contributed by atoms with van der Waals surface area (Å²) in [7, 11) is 0. The quantitative estimate of drug-likeness (QED) is 0.154. The zero-order chi connectivity index (χ0) is 25.3. The van der Waals surface area contributed by atoms with E-state index in [2.05, 4.69) is 0 Å². The van der Waals surface area contributed by atoms with Crippen LogP contribution in [0.5, 0.6) is 0 Å². The third kappa shape index (κ3) is 5.37. The van der Waals surface area contributed by atoms with Crippen molar-refractivity contribution < 1.29 is 79.9 Å². The first-order valence-corrected chi connectivity index (χ1v) is 10.6. The largest absolute Gasteiger partial charge is 0.394 e. The van der Waals surface area contributed by atoms with E-state index in [0.717, 1.165) is 0 Å². The maximum atomic E-state index is 10.8. The highest BCUT2D eigenvalue weighted by Crippen LogP contribution is 2.32. The zero-order valence-electron chi connectivity index (χ0n) is 17.7. The van der Waals surface area contributed by atoms with Crippen LogP contribution in [0.25, 0.3) is 0 Å². The van der Waals surface area contributed by atoms with Crippen molar-refractivity contribution >= 4 is 0 Å². The molecule has 0 saturated carbocycles. The van der Waals surface area contributed by atoms with Crippen LogP contribution in [-0.2, 0) is 23.7 Å². The Morgan fingerprint density at radius 1 is 0.441 bits per heavy atom. The molecule has 0 aliphatic carbocycles. The van der Waals surface area contributed by atoms with E-state index in [4.69, 9.17) is 23.7 Å². The molecule has 3 saturated heterocycles. The van der Waals surface area contributed by atoms with Gasteiger partial charge >= 0.3 is 0 Å². The van der Waals surface area contributed by atoms with E-state index in [-0.39, 0.29) is 0 Å². The van der Waals surface area contributed by atoms with Crippen LogP contribution in [0, 0.1) is 0 Å². The minimum Gasteiger partial charge on any atom is -0.394 e. The van der Waals surface area contributed by atoms with Gasteiger partial charge in [0.1, 0.15) is 73.2 Å². The molecule has 34 heavy (non-hydrogen) atoms. The lowest BCUT2D eigenvalue weighted by molar-refractivity contribution is -0.382. The number of hydrogen-bond donors (Lipinski definition) is 11. The predicted molar refractivity (Wildman–Crippen MR) is 101 cm³/mol. The molecular weight excluding hydrogens is 472 g/mol. The highest BCUT2D eigenvalue weighted by Gasteiger charge is 2.53. The molecule has 3 heterocycles. The van der Waals surface area contributed by atoms with Crippen molar-refractivity contribution in [3.63, 3.8) is 0 Å². The Kier molecular flexibility index (Phi) is 9.54. The van der Waals surface area contributed by atoms with Crippen molar-refractivity contribution in [3.05, 3.63) is 0 Å². The maximum Gasteiger partial charge on any atom is 0.187 e. The van der Waals surface area contributed by atoms with Gasteiger partial charge in [-0.1, -0.05) is 0 Å². The summed E-state index contributed by atoms with van der Waals surface area (Å²) in [5.41, 5.74) is 0. The van der Waals surface area contributed by atoms with Crippen molar-refractivity contribution in [2.45, 2.75) is 92.1 Å². The normalized spacial score (nSPS) is 52.5. The topological polar surface area (TPSA) is 269 Å². The van der Waals surface area contributed by atoms with E-state index in [1.165, 1.54) is 0 Å². The summed E-state index contributed by atoms with van der Waals surface area (Å²) in [6.45, 7) is -2.31. The second-order valence-electron chi connectivity index (χ2n) is 8.33. The average Bonchev–Trinajstić information content (AvgIpc) is 2.82. The van der Waals surface area contributed by atoms with E-state index in [1.54, 1.807) is 0 Å². The van der Waals surface area contributed by atoms with Crippen LogP contribution in [0.2, 0.25) is 0 Å². The van der Waals surface area contributed by atoms with Gasteiger partial charge in [0, 0.05) is 0 Å². The van der Waals surface area contributed by atoms with Gasteiger partial charge in [0.2, 0.25) is 0 Å². The molecule has 0 aromatic rings. The van der Waals surface area contributed by atoms with Crippen LogP contribution in [-0.4, -0.2) is 168 Å². The van der Waals surface area contributed by atoms with Crippen molar-refractivity contribution in [2.24, 2.45) is 0 Å². The first kappa shape index (κ1) is 27.9. The molecule has 0 amide bonds. The summed E-state index contributed by atoms with van der Waals surface area (Å²) in [6.07, 6.45) is -25.4. The van der Waals surface area contributed by atoms with Crippen LogP contribution in [0.15, 0.2) is 0 Å². The molecule has 16 nitrogen and oxygen atoms in total. The van der Waals surface area contributed by atoms with Crippen LogP contribution in [0.3, 0.4) is 0 Å². The van der Waals surface area contributed by atoms with Gasteiger partial charge in [-0.05, 0) is 0 Å². The molecule has 11 N–H and O–H groups in total. The standard InChI is InChI=1S/C18H32O16/c19-1-4-7(22)9(24)11(26)17(31-4)33-14-6(3-21)30-16(29)15(13(14)28)34-18-12(27)10(25)8(23)5(2-20)32-18/h4-29H,1-3H2/t4-,5-,6-,7-,8-,9+,10+,11-,12-,13+,14+,15-,16-,17+,18-/m1/s1. The molecule has 0 aromatic heterocycles. The first-order chi connectivity index (χ1) is 16.0. The van der Waals surface area contributed by atoms with Gasteiger partial charge < -0.3 is 79.9 Å². The number of rotatable bonds is 7. The summed E-state index contributed by atoms with van der Waals surface area (Å²) in [5, 5.41) is 109. The summed E-state index contributed by atoms with van der Waals surface area (Å²) in [5.74, 6) is 0. The Morgan fingerprint density at radius 2 is 0.853 bits per heavy atom. The fraction of sp³-hybridized carbons (Fsp3) is 1.00. The second kappa shape index (κ2) is 11.6. The smallest absolute Gasteiger partial charge is 0.187 e. The number of hydrogen-bond acceptors (Lipinski definition) is 16. The Bertz CT molecular complexity index is 637. The summed E-state index contributed by atoms with van der Waals surface area (Å²) in [4.78, 5) is 0. The van der Waals surface area contributed by atoms with E-state index in [1.807, 2.05) is 0 Å². The van der Waals surface area contributed by atoms with Gasteiger partial charge in [-0.2, -0.15) is 0 Å². The van der Waals surface area contributed by atoms with Crippen molar-refractivity contribution in [2.75, 3.05) is 19.8 Å². The monoisotopic (exact) mass is 504 g/mol.